The molecule has 2 amide bonds. The van der Waals surface area contributed by atoms with Crippen LogP contribution in [0, 0.1) is 0 Å². The van der Waals surface area contributed by atoms with Gasteiger partial charge in [0.15, 0.2) is 6.61 Å². The summed E-state index contributed by atoms with van der Waals surface area (Å²) in [6.45, 7) is 0.470. The van der Waals surface area contributed by atoms with Crippen molar-refractivity contribution in [2.24, 2.45) is 5.10 Å². The van der Waals surface area contributed by atoms with Crippen LogP contribution in [0.25, 0.3) is 0 Å². The summed E-state index contributed by atoms with van der Waals surface area (Å²) in [5.41, 5.74) is 3.09. The second-order valence-electron chi connectivity index (χ2n) is 9.23. The number of nitrogens with zero attached hydrogens (tertiary/aromatic N) is 2. The Morgan fingerprint density at radius 2 is 1.86 bits per heavy atom. The third-order valence-electron chi connectivity index (χ3n) is 6.23. The number of carbonyl (C=O) groups is 2. The number of rotatable bonds is 13. The minimum absolute atomic E-state index is 0.00838. The van der Waals surface area contributed by atoms with Crippen molar-refractivity contribution in [1.29, 1.82) is 0 Å². The highest BCUT2D eigenvalue weighted by atomic mass is 35.5. The van der Waals surface area contributed by atoms with Gasteiger partial charge in [0, 0.05) is 18.2 Å². The lowest BCUT2D eigenvalue weighted by Crippen LogP contribution is -2.39. The SMILES string of the molecule is COc1ccc(Cl)cc1N(CC(=O)N/N=C\c1ccc(OCC(=O)NC[C@@H]2CCCO2)cc1)S(=O)(=O)c1ccccc1. The van der Waals surface area contributed by atoms with Crippen LogP contribution in [0.2, 0.25) is 5.02 Å². The van der Waals surface area contributed by atoms with Crippen molar-refractivity contribution < 1.29 is 32.2 Å². The van der Waals surface area contributed by atoms with Crippen molar-refractivity contribution in [3.05, 3.63) is 83.4 Å². The normalized spacial score (nSPS) is 14.9. The summed E-state index contributed by atoms with van der Waals surface area (Å²) < 4.78 is 44.3. The minimum Gasteiger partial charge on any atom is -0.495 e. The number of anilines is 1. The van der Waals surface area contributed by atoms with E-state index in [0.717, 1.165) is 23.8 Å². The first kappa shape index (κ1) is 30.8. The monoisotopic (exact) mass is 614 g/mol. The predicted molar refractivity (Wildman–Crippen MR) is 159 cm³/mol. The van der Waals surface area contributed by atoms with E-state index in [1.165, 1.54) is 37.6 Å². The number of amides is 2. The Morgan fingerprint density at radius 3 is 2.55 bits per heavy atom. The van der Waals surface area contributed by atoms with Crippen LogP contribution in [0.1, 0.15) is 18.4 Å². The maximum atomic E-state index is 13.5. The quantitative estimate of drug-likeness (QED) is 0.223. The van der Waals surface area contributed by atoms with E-state index in [0.29, 0.717) is 17.9 Å². The van der Waals surface area contributed by atoms with Crippen molar-refractivity contribution in [3.63, 3.8) is 0 Å². The average molecular weight is 615 g/mol. The van der Waals surface area contributed by atoms with Crippen LogP contribution in [0.3, 0.4) is 0 Å². The Balaban J connectivity index is 1.36. The van der Waals surface area contributed by atoms with E-state index >= 15 is 0 Å². The van der Waals surface area contributed by atoms with Crippen LogP contribution in [0.15, 0.2) is 82.8 Å². The molecule has 13 heteroatoms. The number of nitrogens with one attached hydrogen (secondary N) is 2. The zero-order chi connectivity index (χ0) is 30.0. The van der Waals surface area contributed by atoms with Gasteiger partial charge in [-0.2, -0.15) is 5.10 Å². The van der Waals surface area contributed by atoms with Gasteiger partial charge in [0.25, 0.3) is 21.8 Å². The molecule has 1 aliphatic rings. The van der Waals surface area contributed by atoms with Gasteiger partial charge < -0.3 is 19.5 Å². The summed E-state index contributed by atoms with van der Waals surface area (Å²) in [4.78, 5) is 24.8. The lowest BCUT2D eigenvalue weighted by Gasteiger charge is -2.25. The molecule has 1 fully saturated rings. The zero-order valence-electron chi connectivity index (χ0n) is 22.9. The Bertz CT molecular complexity index is 1500. The highest BCUT2D eigenvalue weighted by molar-refractivity contribution is 7.92. The largest absolute Gasteiger partial charge is 0.495 e. The molecule has 1 atom stereocenters. The molecule has 0 aromatic heterocycles. The third kappa shape index (κ3) is 8.44. The number of hydrazone groups is 1. The molecule has 3 aromatic carbocycles. The lowest BCUT2D eigenvalue weighted by molar-refractivity contribution is -0.123. The van der Waals surface area contributed by atoms with E-state index in [-0.39, 0.29) is 40.0 Å². The number of benzene rings is 3. The number of carbonyl (C=O) groups excluding carboxylic acids is 2. The lowest BCUT2D eigenvalue weighted by atomic mass is 10.2. The van der Waals surface area contributed by atoms with Gasteiger partial charge in [-0.1, -0.05) is 29.8 Å². The van der Waals surface area contributed by atoms with E-state index in [4.69, 9.17) is 25.8 Å². The number of ether oxygens (including phenoxy) is 3. The van der Waals surface area contributed by atoms with Crippen molar-refractivity contribution >= 4 is 45.3 Å². The van der Waals surface area contributed by atoms with Gasteiger partial charge in [-0.15, -0.1) is 0 Å². The number of methoxy groups -OCH3 is 1. The van der Waals surface area contributed by atoms with E-state index < -0.39 is 22.5 Å². The fraction of sp³-hybridized carbons (Fsp3) is 0.276. The Hall–Kier alpha value is -4.13. The molecule has 1 saturated heterocycles. The molecule has 3 aromatic rings. The van der Waals surface area contributed by atoms with Gasteiger partial charge in [0.05, 0.1) is 30.0 Å². The van der Waals surface area contributed by atoms with Crippen LogP contribution in [0.4, 0.5) is 5.69 Å². The van der Waals surface area contributed by atoms with Crippen molar-refractivity contribution in [2.75, 3.05) is 37.7 Å². The fourth-order valence-electron chi connectivity index (χ4n) is 4.10. The average Bonchev–Trinajstić information content (AvgIpc) is 3.53. The third-order valence-corrected chi connectivity index (χ3v) is 8.24. The standard InChI is InChI=1S/C29H31ClN4O7S/c1-39-27-14-11-22(30)16-26(27)34(42(37,38)25-7-3-2-4-8-25)19-28(35)33-32-17-21-9-12-23(13-10-21)41-20-29(36)31-18-24-6-5-15-40-24/h2-4,7-14,16-17,24H,5-6,15,18-20H2,1H3,(H,31,36)(H,33,35)/b32-17-/t24-/m0/s1. The maximum absolute atomic E-state index is 13.5. The molecule has 222 valence electrons. The molecular formula is C29H31ClN4O7S. The van der Waals surface area contributed by atoms with Crippen molar-refractivity contribution in [2.45, 2.75) is 23.8 Å². The summed E-state index contributed by atoms with van der Waals surface area (Å²) in [6.07, 6.45) is 3.39. The first-order valence-corrected chi connectivity index (χ1v) is 14.9. The summed E-state index contributed by atoms with van der Waals surface area (Å²) in [6, 6.07) is 18.9. The highest BCUT2D eigenvalue weighted by Gasteiger charge is 2.29. The zero-order valence-corrected chi connectivity index (χ0v) is 24.4. The molecule has 0 aliphatic carbocycles. The van der Waals surface area contributed by atoms with E-state index in [2.05, 4.69) is 15.8 Å². The second kappa shape index (κ2) is 14.7. The molecule has 2 N–H and O–H groups in total. The predicted octanol–water partition coefficient (Wildman–Crippen LogP) is 3.37. The Morgan fingerprint density at radius 1 is 1.10 bits per heavy atom. The topological polar surface area (TPSA) is 136 Å². The van der Waals surface area contributed by atoms with Crippen LogP contribution < -0.4 is 24.5 Å². The van der Waals surface area contributed by atoms with E-state index in [1.807, 2.05) is 0 Å². The molecule has 42 heavy (non-hydrogen) atoms. The van der Waals surface area contributed by atoms with Gasteiger partial charge in [-0.25, -0.2) is 13.8 Å². The number of sulfonamides is 1. The molecule has 0 unspecified atom stereocenters. The van der Waals surface area contributed by atoms with Crippen LogP contribution >= 0.6 is 11.6 Å². The molecule has 4 rings (SSSR count). The van der Waals surface area contributed by atoms with Crippen LogP contribution in [0.5, 0.6) is 11.5 Å². The molecule has 1 heterocycles. The van der Waals surface area contributed by atoms with E-state index in [9.17, 15) is 18.0 Å². The molecular weight excluding hydrogens is 584 g/mol. The Labute approximate surface area is 249 Å². The number of halogens is 1. The maximum Gasteiger partial charge on any atom is 0.264 e. The summed E-state index contributed by atoms with van der Waals surface area (Å²) in [5.74, 6) is -0.224. The minimum atomic E-state index is -4.17. The van der Waals surface area contributed by atoms with E-state index in [1.54, 1.807) is 48.5 Å². The van der Waals surface area contributed by atoms with Gasteiger partial charge in [0.2, 0.25) is 0 Å². The van der Waals surface area contributed by atoms with Gasteiger partial charge in [0.1, 0.15) is 18.0 Å². The number of hydrogen-bond donors (Lipinski definition) is 2. The molecule has 11 nitrogen and oxygen atoms in total. The van der Waals surface area contributed by atoms with Gasteiger partial charge in [-0.05, 0) is 73.0 Å². The first-order chi connectivity index (χ1) is 20.3. The Kier molecular flexibility index (Phi) is 10.8. The van der Waals surface area contributed by atoms with Gasteiger partial charge in [-0.3, -0.25) is 13.9 Å². The van der Waals surface area contributed by atoms with Crippen LogP contribution in [-0.4, -0.2) is 66.0 Å². The summed E-state index contributed by atoms with van der Waals surface area (Å²) in [5, 5.41) is 7.01. The fourth-order valence-corrected chi connectivity index (χ4v) is 5.72. The van der Waals surface area contributed by atoms with Crippen LogP contribution in [-0.2, 0) is 24.3 Å². The van der Waals surface area contributed by atoms with Gasteiger partial charge >= 0.3 is 0 Å². The first-order valence-electron chi connectivity index (χ1n) is 13.1. The smallest absolute Gasteiger partial charge is 0.264 e. The molecule has 0 saturated carbocycles. The molecule has 0 spiro atoms. The highest BCUT2D eigenvalue weighted by Crippen LogP contribution is 2.34. The molecule has 0 radical (unpaired) electrons. The van der Waals surface area contributed by atoms with Crippen molar-refractivity contribution in [3.8, 4) is 11.5 Å². The molecule has 1 aliphatic heterocycles. The molecule has 0 bridgehead atoms. The number of hydrogen-bond acceptors (Lipinski definition) is 8. The summed E-state index contributed by atoms with van der Waals surface area (Å²) >= 11 is 6.15. The summed E-state index contributed by atoms with van der Waals surface area (Å²) in [7, 11) is -2.78. The van der Waals surface area contributed by atoms with Crippen molar-refractivity contribution in [1.82, 2.24) is 10.7 Å². The second-order valence-corrected chi connectivity index (χ2v) is 11.5.